The summed E-state index contributed by atoms with van der Waals surface area (Å²) in [5.41, 5.74) is 2.08. The molecule has 1 aromatic heterocycles. The lowest BCUT2D eigenvalue weighted by atomic mass is 10.3. The summed E-state index contributed by atoms with van der Waals surface area (Å²) < 4.78 is 2.12. The number of imidazole rings is 1. The number of fused-ring (bicyclic) bond motifs is 1. The number of hydrogen-bond acceptors (Lipinski definition) is 2. The van der Waals surface area contributed by atoms with Crippen LogP contribution in [0.2, 0.25) is 5.02 Å². The molecule has 0 saturated heterocycles. The van der Waals surface area contributed by atoms with Gasteiger partial charge in [0.25, 0.3) is 0 Å². The van der Waals surface area contributed by atoms with Crippen LogP contribution in [0.4, 0.5) is 0 Å². The summed E-state index contributed by atoms with van der Waals surface area (Å²) >= 11 is 5.98. The van der Waals surface area contributed by atoms with E-state index < -0.39 is 0 Å². The van der Waals surface area contributed by atoms with E-state index in [9.17, 15) is 0 Å². The molecule has 2 aromatic rings. The topological polar surface area (TPSA) is 29.9 Å². The van der Waals surface area contributed by atoms with Crippen molar-refractivity contribution in [1.82, 2.24) is 14.9 Å². The minimum absolute atomic E-state index is 0.256. The summed E-state index contributed by atoms with van der Waals surface area (Å²) in [4.78, 5) is 4.64. The maximum atomic E-state index is 5.98. The van der Waals surface area contributed by atoms with Crippen molar-refractivity contribution in [1.29, 1.82) is 0 Å². The van der Waals surface area contributed by atoms with E-state index in [-0.39, 0.29) is 6.04 Å². The molecule has 0 bridgehead atoms. The van der Waals surface area contributed by atoms with Crippen LogP contribution in [0.25, 0.3) is 11.0 Å². The Labute approximate surface area is 107 Å². The van der Waals surface area contributed by atoms with E-state index in [1.165, 1.54) is 0 Å². The van der Waals surface area contributed by atoms with Crippen molar-refractivity contribution < 1.29 is 0 Å². The smallest absolute Gasteiger partial charge is 0.126 e. The predicted octanol–water partition coefficient (Wildman–Crippen LogP) is 3.29. The average Bonchev–Trinajstić information content (AvgIpc) is 2.63. The normalized spacial score (nSPS) is 13.2. The van der Waals surface area contributed by atoms with Gasteiger partial charge in [0.1, 0.15) is 5.82 Å². The molecular formula is C13H18ClN3. The zero-order valence-electron chi connectivity index (χ0n) is 10.5. The number of nitrogens with zero attached hydrogens (tertiary/aromatic N) is 2. The highest BCUT2D eigenvalue weighted by atomic mass is 35.5. The molecule has 92 valence electrons. The van der Waals surface area contributed by atoms with Crippen LogP contribution in [0.5, 0.6) is 0 Å². The molecule has 3 nitrogen and oxygen atoms in total. The third kappa shape index (κ3) is 2.45. The van der Waals surface area contributed by atoms with Crippen LogP contribution in [0, 0.1) is 0 Å². The number of aromatic nitrogens is 2. The van der Waals surface area contributed by atoms with Crippen molar-refractivity contribution in [3.8, 4) is 0 Å². The van der Waals surface area contributed by atoms with Gasteiger partial charge in [-0.1, -0.05) is 18.5 Å². The van der Waals surface area contributed by atoms with Crippen LogP contribution in [0.15, 0.2) is 18.2 Å². The monoisotopic (exact) mass is 251 g/mol. The molecule has 0 aliphatic carbocycles. The molecule has 1 N–H and O–H groups in total. The maximum absolute atomic E-state index is 5.98. The lowest BCUT2D eigenvalue weighted by Crippen LogP contribution is -2.22. The number of nitrogens with one attached hydrogen (secondary N) is 1. The highest BCUT2D eigenvalue weighted by Gasteiger charge is 2.13. The Balaban J connectivity index is 2.37. The second-order valence-electron chi connectivity index (χ2n) is 4.34. The zero-order valence-corrected chi connectivity index (χ0v) is 11.3. The highest BCUT2D eigenvalue weighted by Crippen LogP contribution is 2.22. The molecule has 0 fully saturated rings. The van der Waals surface area contributed by atoms with Crippen molar-refractivity contribution in [2.75, 3.05) is 6.54 Å². The lowest BCUT2D eigenvalue weighted by Gasteiger charge is -2.12. The summed E-state index contributed by atoms with van der Waals surface area (Å²) in [6.07, 6.45) is 1.13. The number of hydrogen-bond donors (Lipinski definition) is 1. The zero-order chi connectivity index (χ0) is 12.4. The summed E-state index contributed by atoms with van der Waals surface area (Å²) in [6.45, 7) is 5.30. The minimum Gasteiger partial charge on any atom is -0.330 e. The largest absolute Gasteiger partial charge is 0.330 e. The van der Waals surface area contributed by atoms with E-state index in [0.717, 1.165) is 34.8 Å². The summed E-state index contributed by atoms with van der Waals surface area (Å²) in [6, 6.07) is 6.08. The van der Waals surface area contributed by atoms with E-state index in [1.54, 1.807) is 0 Å². The first-order valence-electron chi connectivity index (χ1n) is 5.98. The van der Waals surface area contributed by atoms with Gasteiger partial charge >= 0.3 is 0 Å². The SMILES string of the molecule is CCCNC(C)c1nc2cc(Cl)ccc2n1C. The van der Waals surface area contributed by atoms with Crippen LogP contribution in [0.3, 0.4) is 0 Å². The molecule has 1 aromatic carbocycles. The lowest BCUT2D eigenvalue weighted by molar-refractivity contribution is 0.532. The Hall–Kier alpha value is -1.06. The molecular weight excluding hydrogens is 234 g/mol. The first kappa shape index (κ1) is 12.4. The minimum atomic E-state index is 0.256. The molecule has 0 spiro atoms. The first-order valence-corrected chi connectivity index (χ1v) is 6.36. The fourth-order valence-electron chi connectivity index (χ4n) is 2.03. The van der Waals surface area contributed by atoms with Crippen molar-refractivity contribution in [2.24, 2.45) is 7.05 Å². The molecule has 2 rings (SSSR count). The summed E-state index contributed by atoms with van der Waals surface area (Å²) in [7, 11) is 2.04. The predicted molar refractivity (Wildman–Crippen MR) is 72.4 cm³/mol. The Kier molecular flexibility index (Phi) is 3.69. The summed E-state index contributed by atoms with van der Waals surface area (Å²) in [5.74, 6) is 1.05. The number of aryl methyl sites for hydroxylation is 1. The van der Waals surface area contributed by atoms with Gasteiger partial charge in [0.05, 0.1) is 17.1 Å². The first-order chi connectivity index (χ1) is 8.13. The van der Waals surface area contributed by atoms with E-state index in [2.05, 4.69) is 28.7 Å². The molecule has 1 atom stereocenters. The Morgan fingerprint density at radius 3 is 2.94 bits per heavy atom. The van der Waals surface area contributed by atoms with Crippen molar-refractivity contribution in [3.05, 3.63) is 29.0 Å². The Bertz CT molecular complexity index is 519. The van der Waals surface area contributed by atoms with Gasteiger partial charge < -0.3 is 9.88 Å². The van der Waals surface area contributed by atoms with Gasteiger partial charge in [-0.05, 0) is 38.1 Å². The van der Waals surface area contributed by atoms with E-state index in [0.29, 0.717) is 0 Å². The van der Waals surface area contributed by atoms with Crippen molar-refractivity contribution >= 4 is 22.6 Å². The van der Waals surface area contributed by atoms with E-state index >= 15 is 0 Å². The van der Waals surface area contributed by atoms with Crippen LogP contribution in [0.1, 0.15) is 32.1 Å². The molecule has 1 unspecified atom stereocenters. The number of rotatable bonds is 4. The Morgan fingerprint density at radius 2 is 2.24 bits per heavy atom. The van der Waals surface area contributed by atoms with Gasteiger partial charge in [0.15, 0.2) is 0 Å². The maximum Gasteiger partial charge on any atom is 0.126 e. The molecule has 0 radical (unpaired) electrons. The highest BCUT2D eigenvalue weighted by molar-refractivity contribution is 6.31. The molecule has 0 aliphatic rings. The molecule has 0 aliphatic heterocycles. The van der Waals surface area contributed by atoms with Crippen LogP contribution >= 0.6 is 11.6 Å². The van der Waals surface area contributed by atoms with E-state index in [4.69, 9.17) is 11.6 Å². The quantitative estimate of drug-likeness (QED) is 0.904. The number of benzene rings is 1. The van der Waals surface area contributed by atoms with Gasteiger partial charge in [-0.2, -0.15) is 0 Å². The fraction of sp³-hybridized carbons (Fsp3) is 0.462. The second-order valence-corrected chi connectivity index (χ2v) is 4.77. The van der Waals surface area contributed by atoms with Gasteiger partial charge in [0, 0.05) is 12.1 Å². The van der Waals surface area contributed by atoms with Crippen LogP contribution in [-0.2, 0) is 7.05 Å². The summed E-state index contributed by atoms with van der Waals surface area (Å²) in [5, 5.41) is 4.18. The molecule has 0 saturated carbocycles. The van der Waals surface area contributed by atoms with Gasteiger partial charge in [-0.3, -0.25) is 0 Å². The van der Waals surface area contributed by atoms with Crippen molar-refractivity contribution in [2.45, 2.75) is 26.3 Å². The fourth-order valence-corrected chi connectivity index (χ4v) is 2.20. The average molecular weight is 252 g/mol. The molecule has 0 amide bonds. The Morgan fingerprint density at radius 1 is 1.47 bits per heavy atom. The van der Waals surface area contributed by atoms with E-state index in [1.807, 2.05) is 25.2 Å². The molecule has 1 heterocycles. The molecule has 4 heteroatoms. The second kappa shape index (κ2) is 5.07. The van der Waals surface area contributed by atoms with Crippen LogP contribution < -0.4 is 5.32 Å². The number of halogens is 1. The van der Waals surface area contributed by atoms with Gasteiger partial charge in [-0.25, -0.2) is 4.98 Å². The van der Waals surface area contributed by atoms with Crippen LogP contribution in [-0.4, -0.2) is 16.1 Å². The van der Waals surface area contributed by atoms with Gasteiger partial charge in [0.2, 0.25) is 0 Å². The standard InChI is InChI=1S/C13H18ClN3/c1-4-7-15-9(2)13-16-11-8-10(14)5-6-12(11)17(13)3/h5-6,8-9,15H,4,7H2,1-3H3. The third-order valence-corrected chi connectivity index (χ3v) is 3.20. The van der Waals surface area contributed by atoms with Gasteiger partial charge in [-0.15, -0.1) is 0 Å². The third-order valence-electron chi connectivity index (χ3n) is 2.97. The molecule has 17 heavy (non-hydrogen) atoms. The van der Waals surface area contributed by atoms with Crippen molar-refractivity contribution in [3.63, 3.8) is 0 Å².